The number of sulfonamides is 1. The summed E-state index contributed by atoms with van der Waals surface area (Å²) in [5.74, 6) is -0.360. The van der Waals surface area contributed by atoms with Crippen molar-refractivity contribution in [3.05, 3.63) is 69.8 Å². The summed E-state index contributed by atoms with van der Waals surface area (Å²) in [5.41, 5.74) is 5.13. The number of halogens is 1. The predicted molar refractivity (Wildman–Crippen MR) is 106 cm³/mol. The first kappa shape index (κ1) is 20.0. The molecule has 1 heterocycles. The van der Waals surface area contributed by atoms with Crippen molar-refractivity contribution in [1.82, 2.24) is 14.8 Å². The Morgan fingerprint density at radius 3 is 2.21 bits per heavy atom. The fourth-order valence-corrected chi connectivity index (χ4v) is 4.83. The molecule has 0 fully saturated rings. The zero-order valence-corrected chi connectivity index (χ0v) is 17.4. The first-order chi connectivity index (χ1) is 13.1. The van der Waals surface area contributed by atoms with E-state index in [1.807, 2.05) is 20.8 Å². The number of rotatable bonds is 5. The van der Waals surface area contributed by atoms with Crippen LogP contribution in [0.4, 0.5) is 10.3 Å². The molecule has 148 valence electrons. The van der Waals surface area contributed by atoms with Gasteiger partial charge in [0, 0.05) is 0 Å². The Morgan fingerprint density at radius 2 is 1.61 bits per heavy atom. The van der Waals surface area contributed by atoms with Crippen molar-refractivity contribution in [2.24, 2.45) is 0 Å². The molecule has 2 aromatic carbocycles. The average molecular weight is 402 g/mol. The largest absolute Gasteiger partial charge is 0.264 e. The van der Waals surface area contributed by atoms with Crippen LogP contribution < -0.4 is 4.72 Å². The van der Waals surface area contributed by atoms with Crippen LogP contribution in [0.3, 0.4) is 0 Å². The molecule has 3 aromatic rings. The van der Waals surface area contributed by atoms with Crippen LogP contribution in [0.5, 0.6) is 0 Å². The highest BCUT2D eigenvalue weighted by Crippen LogP contribution is 2.30. The highest BCUT2D eigenvalue weighted by Gasteiger charge is 2.24. The van der Waals surface area contributed by atoms with Crippen molar-refractivity contribution in [3.63, 3.8) is 0 Å². The minimum Gasteiger partial charge on any atom is -0.246 e. The van der Waals surface area contributed by atoms with Gasteiger partial charge < -0.3 is 0 Å². The van der Waals surface area contributed by atoms with E-state index in [-0.39, 0.29) is 23.2 Å². The van der Waals surface area contributed by atoms with E-state index in [1.165, 1.54) is 23.1 Å². The zero-order chi connectivity index (χ0) is 20.6. The summed E-state index contributed by atoms with van der Waals surface area (Å²) < 4.78 is 43.3. The molecule has 3 rings (SSSR count). The second-order valence-electron chi connectivity index (χ2n) is 6.96. The number of anilines is 1. The van der Waals surface area contributed by atoms with Gasteiger partial charge in [0.15, 0.2) is 0 Å². The summed E-state index contributed by atoms with van der Waals surface area (Å²) in [5, 5.41) is 4.16. The molecule has 28 heavy (non-hydrogen) atoms. The van der Waals surface area contributed by atoms with E-state index in [0.29, 0.717) is 16.7 Å². The summed E-state index contributed by atoms with van der Waals surface area (Å²) >= 11 is 0. The molecule has 6 nitrogen and oxygen atoms in total. The topological polar surface area (TPSA) is 76.9 Å². The van der Waals surface area contributed by atoms with Crippen LogP contribution in [0.1, 0.15) is 33.4 Å². The molecule has 0 saturated heterocycles. The van der Waals surface area contributed by atoms with E-state index in [1.54, 1.807) is 26.0 Å². The Morgan fingerprint density at radius 1 is 1.00 bits per heavy atom. The average Bonchev–Trinajstić information content (AvgIpc) is 3.04. The van der Waals surface area contributed by atoms with E-state index in [0.717, 1.165) is 16.7 Å². The van der Waals surface area contributed by atoms with Crippen LogP contribution in [0.15, 0.2) is 35.5 Å². The first-order valence-corrected chi connectivity index (χ1v) is 10.3. The van der Waals surface area contributed by atoms with E-state index < -0.39 is 10.0 Å². The van der Waals surface area contributed by atoms with E-state index in [4.69, 9.17) is 0 Å². The van der Waals surface area contributed by atoms with Crippen LogP contribution in [0.2, 0.25) is 0 Å². The van der Waals surface area contributed by atoms with Gasteiger partial charge in [0.05, 0.1) is 11.4 Å². The number of benzene rings is 2. The van der Waals surface area contributed by atoms with Gasteiger partial charge in [-0.1, -0.05) is 12.1 Å². The van der Waals surface area contributed by atoms with Crippen LogP contribution >= 0.6 is 0 Å². The molecular formula is C20H23FN4O2S. The minimum absolute atomic E-state index is 0.0221. The van der Waals surface area contributed by atoms with Crippen LogP contribution in [-0.4, -0.2) is 23.2 Å². The smallest absolute Gasteiger partial charge is 0.246 e. The summed E-state index contributed by atoms with van der Waals surface area (Å²) in [6.45, 7) is 9.72. The van der Waals surface area contributed by atoms with Gasteiger partial charge in [0.1, 0.15) is 12.1 Å². The molecule has 0 radical (unpaired) electrons. The molecule has 0 aliphatic rings. The SMILES string of the molecule is Cc1c(C)c(C)c(S(=O)(=O)Nc2ncn(Cc3cccc(F)c3)n2)c(C)c1C. The molecule has 0 unspecified atom stereocenters. The van der Waals surface area contributed by atoms with Gasteiger partial charge in [0.2, 0.25) is 0 Å². The number of nitrogens with one attached hydrogen (secondary N) is 1. The highest BCUT2D eigenvalue weighted by molar-refractivity contribution is 7.92. The lowest BCUT2D eigenvalue weighted by Gasteiger charge is -2.18. The van der Waals surface area contributed by atoms with Crippen molar-refractivity contribution in [2.75, 3.05) is 4.72 Å². The Hall–Kier alpha value is -2.74. The number of hydrogen-bond donors (Lipinski definition) is 1. The first-order valence-electron chi connectivity index (χ1n) is 8.84. The third-order valence-electron chi connectivity index (χ3n) is 5.20. The summed E-state index contributed by atoms with van der Waals surface area (Å²) in [6, 6.07) is 6.13. The molecule has 1 aromatic heterocycles. The summed E-state index contributed by atoms with van der Waals surface area (Å²) in [7, 11) is -3.85. The lowest BCUT2D eigenvalue weighted by atomic mass is 9.95. The van der Waals surface area contributed by atoms with Crippen molar-refractivity contribution in [3.8, 4) is 0 Å². The standard InChI is InChI=1S/C20H23FN4O2S/c1-12-13(2)15(4)19(16(5)14(12)3)28(26,27)24-20-22-11-25(23-20)10-17-7-6-8-18(21)9-17/h6-9,11H,10H2,1-5H3,(H,23,24). The molecule has 0 saturated carbocycles. The number of aromatic nitrogens is 3. The second-order valence-corrected chi connectivity index (χ2v) is 8.57. The maximum atomic E-state index is 13.3. The zero-order valence-electron chi connectivity index (χ0n) is 16.5. The Balaban J connectivity index is 1.89. The third-order valence-corrected chi connectivity index (χ3v) is 6.80. The normalized spacial score (nSPS) is 11.6. The molecule has 0 amide bonds. The third kappa shape index (κ3) is 3.77. The van der Waals surface area contributed by atoms with Crippen molar-refractivity contribution in [2.45, 2.75) is 46.1 Å². The summed E-state index contributed by atoms with van der Waals surface area (Å²) in [4.78, 5) is 4.29. The van der Waals surface area contributed by atoms with Crippen molar-refractivity contribution in [1.29, 1.82) is 0 Å². The maximum absolute atomic E-state index is 13.3. The van der Waals surface area contributed by atoms with Gasteiger partial charge in [0.25, 0.3) is 16.0 Å². The quantitative estimate of drug-likeness (QED) is 0.704. The molecule has 0 spiro atoms. The maximum Gasteiger partial charge on any atom is 0.264 e. The lowest BCUT2D eigenvalue weighted by molar-refractivity contribution is 0.599. The fourth-order valence-electron chi connectivity index (χ4n) is 3.28. The molecule has 1 N–H and O–H groups in total. The lowest BCUT2D eigenvalue weighted by Crippen LogP contribution is -2.18. The van der Waals surface area contributed by atoms with Gasteiger partial charge in [-0.15, -0.1) is 5.10 Å². The predicted octanol–water partition coefficient (Wildman–Crippen LogP) is 3.81. The minimum atomic E-state index is -3.85. The van der Waals surface area contributed by atoms with E-state index in [2.05, 4.69) is 14.8 Å². The van der Waals surface area contributed by atoms with Gasteiger partial charge in [-0.3, -0.25) is 0 Å². The van der Waals surface area contributed by atoms with Gasteiger partial charge in [-0.25, -0.2) is 22.2 Å². The summed E-state index contributed by atoms with van der Waals surface area (Å²) in [6.07, 6.45) is 1.41. The van der Waals surface area contributed by atoms with Crippen LogP contribution in [0.25, 0.3) is 0 Å². The van der Waals surface area contributed by atoms with Gasteiger partial charge in [-0.05, 0) is 80.1 Å². The molecule has 0 aliphatic carbocycles. The van der Waals surface area contributed by atoms with Crippen molar-refractivity contribution < 1.29 is 12.8 Å². The number of hydrogen-bond acceptors (Lipinski definition) is 4. The van der Waals surface area contributed by atoms with Crippen LogP contribution in [-0.2, 0) is 16.6 Å². The molecular weight excluding hydrogens is 379 g/mol. The van der Waals surface area contributed by atoms with Crippen molar-refractivity contribution >= 4 is 16.0 Å². The van der Waals surface area contributed by atoms with Gasteiger partial charge >= 0.3 is 0 Å². The molecule has 0 bridgehead atoms. The molecule has 8 heteroatoms. The molecule has 0 aliphatic heterocycles. The fraction of sp³-hybridized carbons (Fsp3) is 0.300. The van der Waals surface area contributed by atoms with E-state index in [9.17, 15) is 12.8 Å². The monoisotopic (exact) mass is 402 g/mol. The Bertz CT molecular complexity index is 1120. The van der Waals surface area contributed by atoms with Gasteiger partial charge in [-0.2, -0.15) is 4.98 Å². The second kappa shape index (κ2) is 7.35. The Kier molecular flexibility index (Phi) is 5.25. The molecule has 0 atom stereocenters. The highest BCUT2D eigenvalue weighted by atomic mass is 32.2. The van der Waals surface area contributed by atoms with E-state index >= 15 is 0 Å². The number of nitrogens with zero attached hydrogens (tertiary/aromatic N) is 3. The van der Waals surface area contributed by atoms with Crippen LogP contribution in [0, 0.1) is 40.4 Å². The Labute approximate surface area is 164 Å².